The van der Waals surface area contributed by atoms with Gasteiger partial charge in [0.25, 0.3) is 0 Å². The molecule has 0 saturated heterocycles. The highest BCUT2D eigenvalue weighted by molar-refractivity contribution is 7.89. The number of benzene rings is 2. The van der Waals surface area contributed by atoms with Gasteiger partial charge in [-0.1, -0.05) is 35.9 Å². The highest BCUT2D eigenvalue weighted by Gasteiger charge is 2.20. The fourth-order valence-corrected chi connectivity index (χ4v) is 3.57. The lowest BCUT2D eigenvalue weighted by atomic mass is 10.1. The summed E-state index contributed by atoms with van der Waals surface area (Å²) >= 11 is 0. The first-order chi connectivity index (χ1) is 9.79. The van der Waals surface area contributed by atoms with Crippen LogP contribution in [0.2, 0.25) is 0 Å². The van der Waals surface area contributed by atoms with Crippen molar-refractivity contribution in [3.05, 3.63) is 65.0 Å². The van der Waals surface area contributed by atoms with Crippen LogP contribution in [0.15, 0.2) is 47.4 Å². The maximum Gasteiger partial charge on any atom is 0.241 e. The standard InChI is InChI=1S/C16H18FNO2S/c1-11-4-7-14(8-5-11)13(3)18-21(19,20)16-10-15(17)9-6-12(16)2/h4-10,13,18H,1-3H3. The molecule has 21 heavy (non-hydrogen) atoms. The van der Waals surface area contributed by atoms with E-state index in [1.54, 1.807) is 13.8 Å². The van der Waals surface area contributed by atoms with Crippen LogP contribution in [0, 0.1) is 19.7 Å². The van der Waals surface area contributed by atoms with Crippen LogP contribution < -0.4 is 4.72 Å². The highest BCUT2D eigenvalue weighted by atomic mass is 32.2. The zero-order chi connectivity index (χ0) is 15.6. The monoisotopic (exact) mass is 307 g/mol. The summed E-state index contributed by atoms with van der Waals surface area (Å²) in [5.74, 6) is -0.566. The predicted octanol–water partition coefficient (Wildman–Crippen LogP) is 3.48. The molecule has 2 aromatic rings. The van der Waals surface area contributed by atoms with Gasteiger partial charge in [0.15, 0.2) is 0 Å². The molecule has 0 amide bonds. The molecule has 5 heteroatoms. The van der Waals surface area contributed by atoms with Gasteiger partial charge in [-0.25, -0.2) is 17.5 Å². The van der Waals surface area contributed by atoms with E-state index in [-0.39, 0.29) is 4.90 Å². The van der Waals surface area contributed by atoms with Gasteiger partial charge in [0.1, 0.15) is 5.82 Å². The van der Waals surface area contributed by atoms with Gasteiger partial charge < -0.3 is 0 Å². The zero-order valence-corrected chi connectivity index (χ0v) is 13.0. The second kappa shape index (κ2) is 5.95. The number of nitrogens with one attached hydrogen (secondary N) is 1. The first kappa shape index (κ1) is 15.7. The van der Waals surface area contributed by atoms with Crippen LogP contribution in [0.3, 0.4) is 0 Å². The number of halogens is 1. The first-order valence-electron chi connectivity index (χ1n) is 6.64. The van der Waals surface area contributed by atoms with Gasteiger partial charge >= 0.3 is 0 Å². The maximum absolute atomic E-state index is 13.3. The Labute approximate surface area is 124 Å². The van der Waals surface area contributed by atoms with Gasteiger partial charge in [0, 0.05) is 6.04 Å². The van der Waals surface area contributed by atoms with Crippen LogP contribution in [-0.2, 0) is 10.0 Å². The Hall–Kier alpha value is -1.72. The minimum atomic E-state index is -3.76. The van der Waals surface area contributed by atoms with E-state index in [4.69, 9.17) is 0 Å². The van der Waals surface area contributed by atoms with Crippen LogP contribution in [0.4, 0.5) is 4.39 Å². The Bertz CT molecular complexity index is 739. The first-order valence-corrected chi connectivity index (χ1v) is 8.13. The molecule has 0 bridgehead atoms. The molecule has 0 aliphatic carbocycles. The third-order valence-corrected chi connectivity index (χ3v) is 5.03. The molecule has 1 atom stereocenters. The van der Waals surface area contributed by atoms with E-state index in [1.807, 2.05) is 31.2 Å². The van der Waals surface area contributed by atoms with Crippen LogP contribution >= 0.6 is 0 Å². The number of rotatable bonds is 4. The fraction of sp³-hybridized carbons (Fsp3) is 0.250. The van der Waals surface area contributed by atoms with Gasteiger partial charge in [-0.05, 0) is 44.0 Å². The molecule has 112 valence electrons. The van der Waals surface area contributed by atoms with Crippen molar-refractivity contribution in [1.82, 2.24) is 4.72 Å². The van der Waals surface area contributed by atoms with Crippen molar-refractivity contribution in [1.29, 1.82) is 0 Å². The Kier molecular flexibility index (Phi) is 4.44. The van der Waals surface area contributed by atoms with Crippen molar-refractivity contribution >= 4 is 10.0 Å². The predicted molar refractivity (Wildman–Crippen MR) is 81.1 cm³/mol. The van der Waals surface area contributed by atoms with Crippen molar-refractivity contribution in [2.75, 3.05) is 0 Å². The van der Waals surface area contributed by atoms with Crippen LogP contribution in [0.5, 0.6) is 0 Å². The van der Waals surface area contributed by atoms with E-state index < -0.39 is 21.9 Å². The summed E-state index contributed by atoms with van der Waals surface area (Å²) in [5, 5.41) is 0. The smallest absolute Gasteiger partial charge is 0.207 e. The molecule has 3 nitrogen and oxygen atoms in total. The normalized spacial score (nSPS) is 13.1. The molecule has 1 unspecified atom stereocenters. The van der Waals surface area contributed by atoms with Gasteiger partial charge in [0.05, 0.1) is 4.90 Å². The second-order valence-corrected chi connectivity index (χ2v) is 6.85. The Morgan fingerprint density at radius 2 is 1.67 bits per heavy atom. The van der Waals surface area contributed by atoms with E-state index in [0.717, 1.165) is 17.2 Å². The van der Waals surface area contributed by atoms with Crippen LogP contribution in [0.1, 0.15) is 29.7 Å². The summed E-state index contributed by atoms with van der Waals surface area (Å²) in [6.45, 7) is 5.37. The molecule has 0 aliphatic heterocycles. The largest absolute Gasteiger partial charge is 0.241 e. The van der Waals surface area contributed by atoms with E-state index >= 15 is 0 Å². The minimum absolute atomic E-state index is 0.0264. The molecule has 2 rings (SSSR count). The SMILES string of the molecule is Cc1ccc(C(C)NS(=O)(=O)c2cc(F)ccc2C)cc1. The van der Waals surface area contributed by atoms with Crippen molar-refractivity contribution in [2.24, 2.45) is 0 Å². The summed E-state index contributed by atoms with van der Waals surface area (Å²) in [6.07, 6.45) is 0. The van der Waals surface area contributed by atoms with E-state index in [2.05, 4.69) is 4.72 Å². The van der Waals surface area contributed by atoms with Crippen molar-refractivity contribution in [3.8, 4) is 0 Å². The Morgan fingerprint density at radius 3 is 2.29 bits per heavy atom. The summed E-state index contributed by atoms with van der Waals surface area (Å²) < 4.78 is 40.6. The zero-order valence-electron chi connectivity index (χ0n) is 12.2. The molecule has 0 radical (unpaired) electrons. The maximum atomic E-state index is 13.3. The fourth-order valence-electron chi connectivity index (χ4n) is 2.08. The molecule has 2 aromatic carbocycles. The molecule has 0 saturated carbocycles. The lowest BCUT2D eigenvalue weighted by molar-refractivity contribution is 0.563. The van der Waals surface area contributed by atoms with Crippen molar-refractivity contribution in [2.45, 2.75) is 31.7 Å². The number of sulfonamides is 1. The van der Waals surface area contributed by atoms with E-state index in [0.29, 0.717) is 5.56 Å². The molecule has 0 spiro atoms. The minimum Gasteiger partial charge on any atom is -0.207 e. The third-order valence-electron chi connectivity index (χ3n) is 3.35. The van der Waals surface area contributed by atoms with Crippen LogP contribution in [-0.4, -0.2) is 8.42 Å². The average molecular weight is 307 g/mol. The summed E-state index contributed by atoms with van der Waals surface area (Å²) in [5.41, 5.74) is 2.48. The lowest BCUT2D eigenvalue weighted by Crippen LogP contribution is -2.27. The molecule has 1 N–H and O–H groups in total. The van der Waals surface area contributed by atoms with E-state index in [1.165, 1.54) is 12.1 Å². The summed E-state index contributed by atoms with van der Waals surface area (Å²) in [4.78, 5) is -0.0264. The summed E-state index contributed by atoms with van der Waals surface area (Å²) in [6, 6.07) is 11.0. The van der Waals surface area contributed by atoms with E-state index in [9.17, 15) is 12.8 Å². The number of aryl methyl sites for hydroxylation is 2. The van der Waals surface area contributed by atoms with Gasteiger partial charge in [0.2, 0.25) is 10.0 Å². The average Bonchev–Trinajstić information content (AvgIpc) is 2.41. The topological polar surface area (TPSA) is 46.2 Å². The van der Waals surface area contributed by atoms with Gasteiger partial charge in [-0.3, -0.25) is 0 Å². The quantitative estimate of drug-likeness (QED) is 0.940. The molecule has 0 aliphatic rings. The third kappa shape index (κ3) is 3.68. The summed E-state index contributed by atoms with van der Waals surface area (Å²) in [7, 11) is -3.76. The molecular weight excluding hydrogens is 289 g/mol. The van der Waals surface area contributed by atoms with Gasteiger partial charge in [-0.2, -0.15) is 0 Å². The Morgan fingerprint density at radius 1 is 1.05 bits per heavy atom. The van der Waals surface area contributed by atoms with Crippen LogP contribution in [0.25, 0.3) is 0 Å². The molecule has 0 heterocycles. The number of hydrogen-bond acceptors (Lipinski definition) is 2. The molecular formula is C16H18FNO2S. The Balaban J connectivity index is 2.28. The highest BCUT2D eigenvalue weighted by Crippen LogP contribution is 2.20. The number of hydrogen-bond donors (Lipinski definition) is 1. The van der Waals surface area contributed by atoms with Crippen molar-refractivity contribution < 1.29 is 12.8 Å². The molecule has 0 aromatic heterocycles. The lowest BCUT2D eigenvalue weighted by Gasteiger charge is -2.16. The van der Waals surface area contributed by atoms with Gasteiger partial charge in [-0.15, -0.1) is 0 Å². The van der Waals surface area contributed by atoms with Crippen molar-refractivity contribution in [3.63, 3.8) is 0 Å². The molecule has 0 fully saturated rings. The second-order valence-electron chi connectivity index (χ2n) is 5.16.